The van der Waals surface area contributed by atoms with Crippen LogP contribution >= 0.6 is 0 Å². The Balaban J connectivity index is 1.22. The Labute approximate surface area is 247 Å². The molecule has 0 radical (unpaired) electrons. The molecule has 41 heavy (non-hydrogen) atoms. The molecule has 2 fully saturated rings. The van der Waals surface area contributed by atoms with Gasteiger partial charge >= 0.3 is 0 Å². The van der Waals surface area contributed by atoms with Crippen molar-refractivity contribution in [2.45, 2.75) is 109 Å². The van der Waals surface area contributed by atoms with Crippen molar-refractivity contribution in [3.63, 3.8) is 0 Å². The molecule has 6 atom stereocenters. The summed E-state index contributed by atoms with van der Waals surface area (Å²) in [5, 5.41) is 21.3. The van der Waals surface area contributed by atoms with Gasteiger partial charge in [-0.2, -0.15) is 0 Å². The minimum absolute atomic E-state index is 0.0335. The zero-order chi connectivity index (χ0) is 29.0. The zero-order valence-electron chi connectivity index (χ0n) is 25.4. The van der Waals surface area contributed by atoms with E-state index in [4.69, 9.17) is 0 Å². The quantitative estimate of drug-likeness (QED) is 0.248. The van der Waals surface area contributed by atoms with Crippen LogP contribution in [0.5, 0.6) is 5.75 Å². The van der Waals surface area contributed by atoms with E-state index in [0.717, 1.165) is 82.7 Å². The first-order valence-corrected chi connectivity index (χ1v) is 16.1. The van der Waals surface area contributed by atoms with Crippen LogP contribution in [0.3, 0.4) is 0 Å². The Hall–Kier alpha value is -2.77. The van der Waals surface area contributed by atoms with Gasteiger partial charge in [0.25, 0.3) is 0 Å². The third-order valence-corrected chi connectivity index (χ3v) is 10.7. The van der Waals surface area contributed by atoms with E-state index in [1.807, 2.05) is 24.1 Å². The van der Waals surface area contributed by atoms with Crippen LogP contribution in [0.2, 0.25) is 0 Å². The molecule has 0 heterocycles. The Bertz CT molecular complexity index is 1260. The number of aliphatic hydroxyl groups excluding tert-OH is 1. The fraction of sp³-hybridized carbons (Fsp3) is 0.595. The number of hydrogen-bond donors (Lipinski definition) is 2. The van der Waals surface area contributed by atoms with E-state index in [1.165, 1.54) is 16.7 Å². The minimum Gasteiger partial charge on any atom is -0.508 e. The van der Waals surface area contributed by atoms with E-state index in [2.05, 4.69) is 56.0 Å². The maximum Gasteiger partial charge on any atom is 0.222 e. The summed E-state index contributed by atoms with van der Waals surface area (Å²) in [6, 6.07) is 14.9. The summed E-state index contributed by atoms with van der Waals surface area (Å²) in [7, 11) is 1.91. The van der Waals surface area contributed by atoms with Crippen molar-refractivity contribution in [1.29, 1.82) is 0 Å². The lowest BCUT2D eigenvalue weighted by molar-refractivity contribution is -0.130. The van der Waals surface area contributed by atoms with E-state index in [1.54, 1.807) is 0 Å². The summed E-state index contributed by atoms with van der Waals surface area (Å²) in [4.78, 5) is 14.0. The third kappa shape index (κ3) is 6.36. The molecule has 2 N–H and O–H groups in total. The van der Waals surface area contributed by atoms with Crippen molar-refractivity contribution in [2.24, 2.45) is 17.3 Å². The highest BCUT2D eigenvalue weighted by Crippen LogP contribution is 2.65. The smallest absolute Gasteiger partial charge is 0.222 e. The standard InChI is InChI=1S/C37H49NO3/c1-4-5-23-38(3)35(41)12-10-8-6-7-9-11-26-13-15-27(16-14-26)32-25-37(2)33(21-22-34(37)40)31-19-17-28-24-29(39)18-20-30(28)36(31)32/h13-16,18,20,24,31-34,36,39-40H,4-8,10,12,17,19,21-23,25H2,1-3H3/t31-,32+,33-,34-,36+,37-/m0/s1. The van der Waals surface area contributed by atoms with Crippen molar-refractivity contribution >= 4 is 5.91 Å². The van der Waals surface area contributed by atoms with E-state index in [9.17, 15) is 15.0 Å². The highest BCUT2D eigenvalue weighted by Gasteiger charge is 2.57. The number of unbranched alkanes of at least 4 members (excludes halogenated alkanes) is 4. The van der Waals surface area contributed by atoms with Crippen LogP contribution in [0.4, 0.5) is 0 Å². The third-order valence-electron chi connectivity index (χ3n) is 10.7. The average molecular weight is 556 g/mol. The van der Waals surface area contributed by atoms with E-state index >= 15 is 0 Å². The number of aromatic hydroxyl groups is 1. The second kappa shape index (κ2) is 13.0. The second-order valence-electron chi connectivity index (χ2n) is 13.3. The number of phenolic OH excluding ortho intramolecular Hbond substituents is 1. The number of fused-ring (bicyclic) bond motifs is 5. The lowest BCUT2D eigenvalue weighted by Crippen LogP contribution is -2.47. The van der Waals surface area contributed by atoms with E-state index < -0.39 is 0 Å². The number of carbonyl (C=O) groups is 1. The average Bonchev–Trinajstić information content (AvgIpc) is 3.28. The molecular formula is C37H49NO3. The van der Waals surface area contributed by atoms with Crippen LogP contribution in [-0.2, 0) is 11.2 Å². The van der Waals surface area contributed by atoms with Gasteiger partial charge in [-0.25, -0.2) is 0 Å². The largest absolute Gasteiger partial charge is 0.508 e. The lowest BCUT2D eigenvalue weighted by atomic mass is 9.51. The molecule has 3 aliphatic rings. The number of amides is 1. The number of aliphatic hydroxyl groups is 1. The Morgan fingerprint density at radius 2 is 1.85 bits per heavy atom. The molecule has 0 aromatic heterocycles. The molecule has 4 heteroatoms. The van der Waals surface area contributed by atoms with Gasteiger partial charge in [-0.05, 0) is 121 Å². The van der Waals surface area contributed by atoms with Gasteiger partial charge in [0.2, 0.25) is 5.91 Å². The maximum absolute atomic E-state index is 12.2. The van der Waals surface area contributed by atoms with Crippen molar-refractivity contribution in [1.82, 2.24) is 4.90 Å². The molecule has 0 bridgehead atoms. The van der Waals surface area contributed by atoms with Crippen LogP contribution in [0.25, 0.3) is 0 Å². The fourth-order valence-electron chi connectivity index (χ4n) is 8.35. The molecule has 5 rings (SSSR count). The molecule has 2 aromatic rings. The highest BCUT2D eigenvalue weighted by atomic mass is 16.3. The van der Waals surface area contributed by atoms with Gasteiger partial charge in [-0.3, -0.25) is 4.79 Å². The molecule has 1 amide bonds. The minimum atomic E-state index is -0.220. The van der Waals surface area contributed by atoms with Gasteiger partial charge < -0.3 is 15.1 Å². The predicted molar refractivity (Wildman–Crippen MR) is 166 cm³/mol. The van der Waals surface area contributed by atoms with Gasteiger partial charge in [0.15, 0.2) is 0 Å². The van der Waals surface area contributed by atoms with Crippen LogP contribution in [0.1, 0.15) is 119 Å². The summed E-state index contributed by atoms with van der Waals surface area (Å²) in [5.41, 5.74) is 5.07. The number of aryl methyl sites for hydroxylation is 1. The maximum atomic E-state index is 12.2. The summed E-state index contributed by atoms with van der Waals surface area (Å²) in [6.45, 7) is 5.35. The normalized spacial score (nSPS) is 28.1. The molecular weight excluding hydrogens is 506 g/mol. The lowest BCUT2D eigenvalue weighted by Gasteiger charge is -2.54. The molecule has 0 saturated heterocycles. The van der Waals surface area contributed by atoms with Gasteiger partial charge in [-0.1, -0.05) is 56.7 Å². The first-order valence-electron chi connectivity index (χ1n) is 16.1. The topological polar surface area (TPSA) is 60.8 Å². The summed E-state index contributed by atoms with van der Waals surface area (Å²) < 4.78 is 0. The molecule has 0 aliphatic heterocycles. The molecule has 0 spiro atoms. The first-order chi connectivity index (χ1) is 19.8. The number of phenols is 1. The molecule has 0 unspecified atom stereocenters. The van der Waals surface area contributed by atoms with Gasteiger partial charge in [0.05, 0.1) is 6.10 Å². The fourth-order valence-corrected chi connectivity index (χ4v) is 8.35. The van der Waals surface area contributed by atoms with Crippen LogP contribution in [0, 0.1) is 29.1 Å². The molecule has 4 nitrogen and oxygen atoms in total. The first kappa shape index (κ1) is 29.7. The van der Waals surface area contributed by atoms with Crippen molar-refractivity contribution in [2.75, 3.05) is 13.6 Å². The Morgan fingerprint density at radius 3 is 2.63 bits per heavy atom. The number of rotatable bonds is 9. The number of hydrogen-bond acceptors (Lipinski definition) is 3. The monoisotopic (exact) mass is 555 g/mol. The SMILES string of the molecule is CCCCN(C)C(=O)CCCCCC#Cc1ccc([C@H]2C[C@]3(C)[C@@H](O)CC[C@H]3[C@@H]3CCc4cc(O)ccc4[C@H]32)cc1. The Kier molecular flexibility index (Phi) is 9.45. The van der Waals surface area contributed by atoms with Crippen molar-refractivity contribution in [3.8, 4) is 17.6 Å². The van der Waals surface area contributed by atoms with Crippen LogP contribution < -0.4 is 0 Å². The van der Waals surface area contributed by atoms with Gasteiger partial charge in [-0.15, -0.1) is 0 Å². The molecule has 2 aromatic carbocycles. The predicted octanol–water partition coefficient (Wildman–Crippen LogP) is 7.56. The van der Waals surface area contributed by atoms with Gasteiger partial charge in [0, 0.05) is 32.0 Å². The van der Waals surface area contributed by atoms with Crippen LogP contribution in [0.15, 0.2) is 42.5 Å². The van der Waals surface area contributed by atoms with Crippen molar-refractivity contribution in [3.05, 3.63) is 64.7 Å². The summed E-state index contributed by atoms with van der Waals surface area (Å²) >= 11 is 0. The number of benzene rings is 2. The molecule has 2 saturated carbocycles. The summed E-state index contributed by atoms with van der Waals surface area (Å²) in [6.07, 6.45) is 11.7. The highest BCUT2D eigenvalue weighted by molar-refractivity contribution is 5.75. The van der Waals surface area contributed by atoms with E-state index in [0.29, 0.717) is 35.8 Å². The zero-order valence-corrected chi connectivity index (χ0v) is 25.4. The number of nitrogens with zero attached hydrogens (tertiary/aromatic N) is 1. The number of carbonyl (C=O) groups excluding carboxylic acids is 1. The van der Waals surface area contributed by atoms with Crippen LogP contribution in [-0.4, -0.2) is 40.7 Å². The molecule has 3 aliphatic carbocycles. The van der Waals surface area contributed by atoms with Crippen molar-refractivity contribution < 1.29 is 15.0 Å². The second-order valence-corrected chi connectivity index (χ2v) is 13.3. The Morgan fingerprint density at radius 1 is 1.05 bits per heavy atom. The van der Waals surface area contributed by atoms with E-state index in [-0.39, 0.29) is 17.4 Å². The summed E-state index contributed by atoms with van der Waals surface area (Å²) in [5.74, 6) is 9.23. The molecule has 220 valence electrons. The van der Waals surface area contributed by atoms with Gasteiger partial charge in [0.1, 0.15) is 5.75 Å².